The molecule has 0 saturated heterocycles. The Hall–Kier alpha value is -2.86. The molecule has 5 rings (SSSR count). The lowest BCUT2D eigenvalue weighted by atomic mass is 9.81. The van der Waals surface area contributed by atoms with Crippen LogP contribution >= 0.6 is 0 Å². The molecule has 27 heavy (non-hydrogen) atoms. The van der Waals surface area contributed by atoms with Crippen LogP contribution in [0.3, 0.4) is 0 Å². The number of aryl methyl sites for hydroxylation is 2. The highest BCUT2D eigenvalue weighted by Crippen LogP contribution is 2.50. The van der Waals surface area contributed by atoms with Gasteiger partial charge in [0, 0.05) is 5.41 Å². The lowest BCUT2D eigenvalue weighted by molar-refractivity contribution is 0.660. The smallest absolute Gasteiger partial charge is 0.0158 e. The lowest BCUT2D eigenvalue weighted by Gasteiger charge is -2.23. The summed E-state index contributed by atoms with van der Waals surface area (Å²) in [6.07, 6.45) is 0. The van der Waals surface area contributed by atoms with E-state index in [1.165, 1.54) is 55.3 Å². The van der Waals surface area contributed by atoms with Gasteiger partial charge in [-0.3, -0.25) is 0 Å². The van der Waals surface area contributed by atoms with Crippen LogP contribution in [0.1, 0.15) is 36.1 Å². The Balaban J connectivity index is 1.86. The summed E-state index contributed by atoms with van der Waals surface area (Å²) in [6.45, 7) is 9.18. The maximum Gasteiger partial charge on any atom is 0.0158 e. The van der Waals surface area contributed by atoms with E-state index >= 15 is 0 Å². The van der Waals surface area contributed by atoms with Crippen LogP contribution in [0.4, 0.5) is 0 Å². The molecule has 0 heteroatoms. The Kier molecular flexibility index (Phi) is 3.37. The second-order valence-electron chi connectivity index (χ2n) is 8.36. The zero-order valence-corrected chi connectivity index (χ0v) is 16.4. The minimum atomic E-state index is 0.0585. The Morgan fingerprint density at radius 2 is 1.33 bits per heavy atom. The van der Waals surface area contributed by atoms with E-state index in [1.54, 1.807) is 0 Å². The van der Waals surface area contributed by atoms with E-state index in [0.29, 0.717) is 0 Å². The van der Waals surface area contributed by atoms with Crippen molar-refractivity contribution in [3.8, 4) is 22.3 Å². The first-order valence-electron chi connectivity index (χ1n) is 9.72. The SMILES string of the molecule is Cc1cc2c(cc1-c1c(C)ccc3ccccc13)-c1ccccc1C2(C)C. The second kappa shape index (κ2) is 5.57. The van der Waals surface area contributed by atoms with Gasteiger partial charge in [0.05, 0.1) is 0 Å². The van der Waals surface area contributed by atoms with E-state index in [9.17, 15) is 0 Å². The number of hydrogen-bond donors (Lipinski definition) is 0. The Morgan fingerprint density at radius 3 is 2.19 bits per heavy atom. The standard InChI is InChI=1S/C27H24/c1-17-13-14-19-9-5-6-10-20(19)26(17)22-16-23-21-11-7-8-12-24(21)27(3,4)25(23)15-18(22)2/h5-16H,1-4H3. The van der Waals surface area contributed by atoms with Crippen molar-refractivity contribution >= 4 is 10.8 Å². The molecular formula is C27H24. The molecule has 0 amide bonds. The number of benzene rings is 4. The van der Waals surface area contributed by atoms with Gasteiger partial charge in [-0.05, 0) is 75.2 Å². The van der Waals surface area contributed by atoms with Crippen molar-refractivity contribution in [3.63, 3.8) is 0 Å². The Labute approximate surface area is 161 Å². The molecular weight excluding hydrogens is 324 g/mol. The fourth-order valence-corrected chi connectivity index (χ4v) is 4.86. The molecule has 0 aliphatic heterocycles. The molecule has 0 aromatic heterocycles. The molecule has 1 aliphatic rings. The van der Waals surface area contributed by atoms with E-state index in [2.05, 4.69) is 100 Å². The average molecular weight is 348 g/mol. The van der Waals surface area contributed by atoms with Crippen molar-refractivity contribution in [3.05, 3.63) is 95.1 Å². The number of rotatable bonds is 1. The van der Waals surface area contributed by atoms with Gasteiger partial charge in [-0.25, -0.2) is 0 Å². The van der Waals surface area contributed by atoms with Crippen LogP contribution in [0.2, 0.25) is 0 Å². The summed E-state index contributed by atoms with van der Waals surface area (Å²) < 4.78 is 0. The summed E-state index contributed by atoms with van der Waals surface area (Å²) in [5.41, 5.74) is 11.1. The molecule has 0 radical (unpaired) electrons. The molecule has 0 nitrogen and oxygen atoms in total. The van der Waals surface area contributed by atoms with Crippen LogP contribution < -0.4 is 0 Å². The second-order valence-corrected chi connectivity index (χ2v) is 8.36. The Morgan fingerprint density at radius 1 is 0.593 bits per heavy atom. The third-order valence-electron chi connectivity index (χ3n) is 6.34. The quantitative estimate of drug-likeness (QED) is 0.335. The van der Waals surface area contributed by atoms with Gasteiger partial charge in [0.1, 0.15) is 0 Å². The van der Waals surface area contributed by atoms with E-state index in [-0.39, 0.29) is 5.41 Å². The van der Waals surface area contributed by atoms with Crippen molar-refractivity contribution < 1.29 is 0 Å². The summed E-state index contributed by atoms with van der Waals surface area (Å²) in [5, 5.41) is 2.64. The topological polar surface area (TPSA) is 0 Å². The van der Waals surface area contributed by atoms with Gasteiger partial charge in [0.2, 0.25) is 0 Å². The number of hydrogen-bond acceptors (Lipinski definition) is 0. The molecule has 0 N–H and O–H groups in total. The van der Waals surface area contributed by atoms with Crippen molar-refractivity contribution in [2.45, 2.75) is 33.1 Å². The van der Waals surface area contributed by atoms with E-state index in [0.717, 1.165) is 0 Å². The summed E-state index contributed by atoms with van der Waals surface area (Å²) in [6, 6.07) is 27.0. The zero-order valence-electron chi connectivity index (χ0n) is 16.4. The molecule has 0 fully saturated rings. The lowest BCUT2D eigenvalue weighted by Crippen LogP contribution is -2.15. The summed E-state index contributed by atoms with van der Waals surface area (Å²) in [4.78, 5) is 0. The van der Waals surface area contributed by atoms with E-state index < -0.39 is 0 Å². The van der Waals surface area contributed by atoms with E-state index in [1.807, 2.05) is 0 Å². The van der Waals surface area contributed by atoms with Crippen LogP contribution in [0.5, 0.6) is 0 Å². The third-order valence-corrected chi connectivity index (χ3v) is 6.34. The monoisotopic (exact) mass is 348 g/mol. The van der Waals surface area contributed by atoms with Gasteiger partial charge in [-0.15, -0.1) is 0 Å². The molecule has 0 saturated carbocycles. The average Bonchev–Trinajstić information content (AvgIpc) is 2.89. The molecule has 0 bridgehead atoms. The molecule has 0 atom stereocenters. The fourth-order valence-electron chi connectivity index (χ4n) is 4.86. The minimum absolute atomic E-state index is 0.0585. The third kappa shape index (κ3) is 2.23. The van der Waals surface area contributed by atoms with Gasteiger partial charge in [-0.2, -0.15) is 0 Å². The van der Waals surface area contributed by atoms with Gasteiger partial charge >= 0.3 is 0 Å². The van der Waals surface area contributed by atoms with E-state index in [4.69, 9.17) is 0 Å². The highest BCUT2D eigenvalue weighted by Gasteiger charge is 2.35. The maximum atomic E-state index is 2.44. The molecule has 4 aromatic rings. The highest BCUT2D eigenvalue weighted by atomic mass is 14.4. The van der Waals surface area contributed by atoms with Crippen molar-refractivity contribution in [2.75, 3.05) is 0 Å². The van der Waals surface area contributed by atoms with Crippen LogP contribution in [0.25, 0.3) is 33.0 Å². The summed E-state index contributed by atoms with van der Waals surface area (Å²) in [5.74, 6) is 0. The zero-order chi connectivity index (χ0) is 18.8. The van der Waals surface area contributed by atoms with Crippen LogP contribution in [0, 0.1) is 13.8 Å². The van der Waals surface area contributed by atoms with Gasteiger partial charge in [-0.1, -0.05) is 80.6 Å². The van der Waals surface area contributed by atoms with Gasteiger partial charge in [0.25, 0.3) is 0 Å². The first kappa shape index (κ1) is 16.3. The summed E-state index contributed by atoms with van der Waals surface area (Å²) >= 11 is 0. The van der Waals surface area contributed by atoms with Crippen molar-refractivity contribution in [1.82, 2.24) is 0 Å². The molecule has 132 valence electrons. The minimum Gasteiger partial charge on any atom is -0.0619 e. The molecule has 4 aromatic carbocycles. The van der Waals surface area contributed by atoms with Gasteiger partial charge < -0.3 is 0 Å². The van der Waals surface area contributed by atoms with Crippen LogP contribution in [0.15, 0.2) is 72.8 Å². The first-order valence-corrected chi connectivity index (χ1v) is 9.72. The fraction of sp³-hybridized carbons (Fsp3) is 0.185. The largest absolute Gasteiger partial charge is 0.0619 e. The van der Waals surface area contributed by atoms with Crippen molar-refractivity contribution in [1.29, 1.82) is 0 Å². The normalized spacial score (nSPS) is 14.2. The molecule has 0 heterocycles. The van der Waals surface area contributed by atoms with Crippen LogP contribution in [-0.2, 0) is 5.41 Å². The van der Waals surface area contributed by atoms with Crippen LogP contribution in [-0.4, -0.2) is 0 Å². The maximum absolute atomic E-state index is 2.44. The predicted molar refractivity (Wildman–Crippen MR) is 116 cm³/mol. The predicted octanol–water partition coefficient (Wildman–Crippen LogP) is 7.43. The van der Waals surface area contributed by atoms with Crippen molar-refractivity contribution in [2.24, 2.45) is 0 Å². The first-order chi connectivity index (χ1) is 13.0. The summed E-state index contributed by atoms with van der Waals surface area (Å²) in [7, 11) is 0. The molecule has 0 spiro atoms. The number of fused-ring (bicyclic) bond motifs is 4. The highest BCUT2D eigenvalue weighted by molar-refractivity contribution is 6.00. The Bertz CT molecular complexity index is 1210. The molecule has 1 aliphatic carbocycles. The van der Waals surface area contributed by atoms with Gasteiger partial charge in [0.15, 0.2) is 0 Å². The molecule has 0 unspecified atom stereocenters.